The number of anilines is 1. The molecule has 0 saturated carbocycles. The maximum Gasteiger partial charge on any atom is 0.417 e. The van der Waals surface area contributed by atoms with Crippen molar-refractivity contribution in [1.82, 2.24) is 9.97 Å². The Labute approximate surface area is 178 Å². The summed E-state index contributed by atoms with van der Waals surface area (Å²) in [6.07, 6.45) is -2.21. The average Bonchev–Trinajstić information content (AvgIpc) is 3.32. The van der Waals surface area contributed by atoms with Crippen LogP contribution < -0.4 is 16.8 Å². The number of rotatable bonds is 6. The molecule has 0 aliphatic rings. The van der Waals surface area contributed by atoms with Gasteiger partial charge in [-0.25, -0.2) is 9.78 Å². The van der Waals surface area contributed by atoms with Crippen LogP contribution in [-0.2, 0) is 12.6 Å². The molecule has 0 amide bonds. The van der Waals surface area contributed by atoms with E-state index in [1.54, 1.807) is 18.3 Å². The fourth-order valence-electron chi connectivity index (χ4n) is 3.15. The highest BCUT2D eigenvalue weighted by atomic mass is 32.1. The highest BCUT2D eigenvalue weighted by Crippen LogP contribution is 2.31. The van der Waals surface area contributed by atoms with Gasteiger partial charge in [0.15, 0.2) is 10.7 Å². The van der Waals surface area contributed by atoms with Crippen LogP contribution in [0.15, 0.2) is 57.9 Å². The zero-order valence-electron chi connectivity index (χ0n) is 16.4. The summed E-state index contributed by atoms with van der Waals surface area (Å²) in [6, 6.07) is 9.95. The highest BCUT2D eigenvalue weighted by molar-refractivity contribution is 7.18. The van der Waals surface area contributed by atoms with E-state index in [-0.39, 0.29) is 12.1 Å². The van der Waals surface area contributed by atoms with E-state index in [1.165, 1.54) is 23.5 Å². The Balaban J connectivity index is 1.40. The fourth-order valence-corrected chi connectivity index (χ4v) is 4.06. The predicted molar refractivity (Wildman–Crippen MR) is 114 cm³/mol. The molecule has 0 radical (unpaired) electrons. The van der Waals surface area contributed by atoms with Gasteiger partial charge in [-0.3, -0.25) is 4.98 Å². The van der Waals surface area contributed by atoms with E-state index in [0.29, 0.717) is 22.7 Å². The van der Waals surface area contributed by atoms with Gasteiger partial charge in [0.1, 0.15) is 0 Å². The summed E-state index contributed by atoms with van der Waals surface area (Å²) in [5.74, 6) is -0.505. The number of aromatic nitrogens is 2. The van der Waals surface area contributed by atoms with Crippen molar-refractivity contribution in [2.75, 3.05) is 5.32 Å². The molecule has 4 rings (SSSR count). The number of H-pyrrole nitrogens is 1. The van der Waals surface area contributed by atoms with E-state index >= 15 is 0 Å². The number of nitrogens with two attached hydrogens (primary N) is 1. The molecule has 0 bridgehead atoms. The Kier molecular flexibility index (Phi) is 5.59. The lowest BCUT2D eigenvalue weighted by Gasteiger charge is -2.21. The number of nitrogens with one attached hydrogen (secondary N) is 2. The number of benzene rings is 2. The Morgan fingerprint density at radius 2 is 1.97 bits per heavy atom. The molecule has 4 N–H and O–H groups in total. The third-order valence-electron chi connectivity index (χ3n) is 4.96. The minimum Gasteiger partial charge on any atom is -0.408 e. The summed E-state index contributed by atoms with van der Waals surface area (Å²) in [6.45, 7) is 1.90. The van der Waals surface area contributed by atoms with E-state index in [0.717, 1.165) is 28.1 Å². The van der Waals surface area contributed by atoms with Gasteiger partial charge in [-0.05, 0) is 48.7 Å². The maximum absolute atomic E-state index is 12.7. The second-order valence-corrected chi connectivity index (χ2v) is 8.28. The highest BCUT2D eigenvalue weighted by Gasteiger charge is 2.30. The SMILES string of the molecule is C[C@H](Nc1ncc(-c2ccc3[nH]c(=O)oc3c2)s1)[C@@H](N)Cc1ccc(C(F)(F)F)cc1. The first-order valence-corrected chi connectivity index (χ1v) is 10.3. The van der Waals surface area contributed by atoms with Crippen molar-refractivity contribution in [3.05, 3.63) is 70.3 Å². The van der Waals surface area contributed by atoms with Crippen molar-refractivity contribution in [3.8, 4) is 10.4 Å². The minimum atomic E-state index is -4.35. The number of hydrogen-bond donors (Lipinski definition) is 3. The molecular formula is C21H19F3N4O2S. The number of hydrogen-bond acceptors (Lipinski definition) is 6. The number of oxazole rings is 1. The van der Waals surface area contributed by atoms with Crippen LogP contribution in [0.4, 0.5) is 18.3 Å². The van der Waals surface area contributed by atoms with Crippen LogP contribution >= 0.6 is 11.3 Å². The molecule has 0 aliphatic carbocycles. The lowest BCUT2D eigenvalue weighted by molar-refractivity contribution is -0.137. The minimum absolute atomic E-state index is 0.161. The van der Waals surface area contributed by atoms with Crippen molar-refractivity contribution >= 4 is 27.6 Å². The van der Waals surface area contributed by atoms with Crippen LogP contribution in [0, 0.1) is 0 Å². The van der Waals surface area contributed by atoms with E-state index in [4.69, 9.17) is 10.2 Å². The molecule has 0 spiro atoms. The largest absolute Gasteiger partial charge is 0.417 e. The summed E-state index contributed by atoms with van der Waals surface area (Å²) in [5.41, 5.74) is 8.26. The van der Waals surface area contributed by atoms with Crippen molar-refractivity contribution in [3.63, 3.8) is 0 Å². The lowest BCUT2D eigenvalue weighted by atomic mass is 10.0. The molecule has 2 aromatic heterocycles. The molecule has 10 heteroatoms. The normalized spacial score (nSPS) is 14.0. The Morgan fingerprint density at radius 1 is 1.23 bits per heavy atom. The summed E-state index contributed by atoms with van der Waals surface area (Å²) >= 11 is 1.43. The zero-order valence-corrected chi connectivity index (χ0v) is 17.2. The van der Waals surface area contributed by atoms with E-state index in [9.17, 15) is 18.0 Å². The number of nitrogens with zero attached hydrogens (tertiary/aromatic N) is 1. The summed E-state index contributed by atoms with van der Waals surface area (Å²) < 4.78 is 43.2. The molecule has 2 heterocycles. The molecule has 2 atom stereocenters. The topological polar surface area (TPSA) is 96.9 Å². The maximum atomic E-state index is 12.7. The van der Waals surface area contributed by atoms with Gasteiger partial charge in [-0.15, -0.1) is 0 Å². The van der Waals surface area contributed by atoms with Crippen LogP contribution in [-0.4, -0.2) is 22.1 Å². The Morgan fingerprint density at radius 3 is 2.68 bits per heavy atom. The predicted octanol–water partition coefficient (Wildman–Crippen LogP) is 4.63. The van der Waals surface area contributed by atoms with Gasteiger partial charge < -0.3 is 15.5 Å². The number of halogens is 3. The molecule has 0 fully saturated rings. The first-order chi connectivity index (χ1) is 14.7. The first-order valence-electron chi connectivity index (χ1n) is 9.46. The molecule has 162 valence electrons. The lowest BCUT2D eigenvalue weighted by Crippen LogP contribution is -2.39. The molecule has 0 saturated heterocycles. The molecule has 4 aromatic rings. The van der Waals surface area contributed by atoms with Crippen LogP contribution in [0.5, 0.6) is 0 Å². The summed E-state index contributed by atoms with van der Waals surface area (Å²) in [5, 5.41) is 3.92. The van der Waals surface area contributed by atoms with E-state index in [2.05, 4.69) is 15.3 Å². The Bertz CT molecular complexity index is 1240. The molecule has 6 nitrogen and oxygen atoms in total. The standard InChI is InChI=1S/C21H19F3N4O2S/c1-11(15(25)8-12-2-5-14(6-3-12)21(22,23)24)27-19-26-10-18(31-19)13-4-7-16-17(9-13)30-20(29)28-16/h2-7,9-11,15H,8,25H2,1H3,(H,26,27)(H,28,29)/t11-,15-/m0/s1. The third-order valence-corrected chi connectivity index (χ3v) is 5.93. The molecule has 0 aliphatic heterocycles. The van der Waals surface area contributed by atoms with Crippen molar-refractivity contribution < 1.29 is 17.6 Å². The van der Waals surface area contributed by atoms with Gasteiger partial charge >= 0.3 is 11.9 Å². The Hall–Kier alpha value is -3.11. The van der Waals surface area contributed by atoms with Gasteiger partial charge in [0.25, 0.3) is 0 Å². The third kappa shape index (κ3) is 4.80. The van der Waals surface area contributed by atoms with Gasteiger partial charge in [-0.2, -0.15) is 13.2 Å². The molecule has 31 heavy (non-hydrogen) atoms. The van der Waals surface area contributed by atoms with Crippen LogP contribution in [0.25, 0.3) is 21.5 Å². The molecule has 2 aromatic carbocycles. The number of fused-ring (bicyclic) bond motifs is 1. The van der Waals surface area contributed by atoms with Gasteiger partial charge in [-0.1, -0.05) is 29.5 Å². The first kappa shape index (κ1) is 21.1. The zero-order chi connectivity index (χ0) is 22.2. The van der Waals surface area contributed by atoms with Crippen LogP contribution in [0.3, 0.4) is 0 Å². The monoisotopic (exact) mass is 448 g/mol. The van der Waals surface area contributed by atoms with Gasteiger partial charge in [0, 0.05) is 18.3 Å². The van der Waals surface area contributed by atoms with Crippen LogP contribution in [0.1, 0.15) is 18.1 Å². The summed E-state index contributed by atoms with van der Waals surface area (Å²) in [7, 11) is 0. The quantitative estimate of drug-likeness (QED) is 0.400. The molecule has 0 unspecified atom stereocenters. The smallest absolute Gasteiger partial charge is 0.408 e. The van der Waals surface area contributed by atoms with Crippen molar-refractivity contribution in [1.29, 1.82) is 0 Å². The molecular weight excluding hydrogens is 429 g/mol. The van der Waals surface area contributed by atoms with E-state index < -0.39 is 17.5 Å². The number of thiazole rings is 1. The summed E-state index contributed by atoms with van der Waals surface area (Å²) in [4.78, 5) is 19.2. The number of aromatic amines is 1. The van der Waals surface area contributed by atoms with Gasteiger partial charge in [0.2, 0.25) is 0 Å². The number of alkyl halides is 3. The fraction of sp³-hybridized carbons (Fsp3) is 0.238. The average molecular weight is 448 g/mol. The second kappa shape index (κ2) is 8.20. The van der Waals surface area contributed by atoms with Crippen molar-refractivity contribution in [2.45, 2.75) is 31.6 Å². The van der Waals surface area contributed by atoms with Crippen LogP contribution in [0.2, 0.25) is 0 Å². The van der Waals surface area contributed by atoms with Gasteiger partial charge in [0.05, 0.1) is 16.0 Å². The van der Waals surface area contributed by atoms with E-state index in [1.807, 2.05) is 13.0 Å². The van der Waals surface area contributed by atoms with Crippen molar-refractivity contribution in [2.24, 2.45) is 5.73 Å². The second-order valence-electron chi connectivity index (χ2n) is 7.25.